The third-order valence-corrected chi connectivity index (χ3v) is 3.27. The number of aliphatic carboxylic acids is 1. The van der Waals surface area contributed by atoms with Gasteiger partial charge in [-0.3, -0.25) is 9.59 Å². The predicted molar refractivity (Wildman–Crippen MR) is 85.7 cm³/mol. The number of rotatable bonds is 7. The van der Waals surface area contributed by atoms with Gasteiger partial charge in [0.1, 0.15) is 0 Å². The lowest BCUT2D eigenvalue weighted by molar-refractivity contribution is -0.140. The Morgan fingerprint density at radius 3 is 2.48 bits per heavy atom. The number of ether oxygens (including phenoxy) is 1. The van der Waals surface area contributed by atoms with Crippen LogP contribution in [0.4, 0.5) is 5.69 Å². The molecule has 1 unspecified atom stereocenters. The third-order valence-electron chi connectivity index (χ3n) is 2.94. The molecule has 1 aromatic rings. The highest BCUT2D eigenvalue weighted by atomic mass is 35.5. The summed E-state index contributed by atoms with van der Waals surface area (Å²) >= 11 is 5.98. The van der Waals surface area contributed by atoms with E-state index >= 15 is 0 Å². The van der Waals surface area contributed by atoms with Crippen molar-refractivity contribution >= 4 is 35.1 Å². The third kappa shape index (κ3) is 5.54. The van der Waals surface area contributed by atoms with Gasteiger partial charge >= 0.3 is 5.97 Å². The first-order chi connectivity index (χ1) is 10.8. The Balaban J connectivity index is 2.95. The lowest BCUT2D eigenvalue weighted by Gasteiger charge is -2.15. The van der Waals surface area contributed by atoms with Gasteiger partial charge < -0.3 is 20.5 Å². The fourth-order valence-electron chi connectivity index (χ4n) is 1.64. The monoisotopic (exact) mass is 342 g/mol. The Hall–Kier alpha value is -2.12. The van der Waals surface area contributed by atoms with Gasteiger partial charge in [-0.15, -0.1) is 0 Å². The summed E-state index contributed by atoms with van der Waals surface area (Å²) in [5.41, 5.74) is 0.465. The molecular weight excluding hydrogens is 324 g/mol. The van der Waals surface area contributed by atoms with Crippen LogP contribution in [0.5, 0.6) is 0 Å². The maximum absolute atomic E-state index is 12.2. The second-order valence-electron chi connectivity index (χ2n) is 5.16. The summed E-state index contributed by atoms with van der Waals surface area (Å²) in [6.07, 6.45) is 0. The number of methoxy groups -OCH3 is 1. The summed E-state index contributed by atoms with van der Waals surface area (Å²) in [5.74, 6) is -2.32. The summed E-state index contributed by atoms with van der Waals surface area (Å²) in [7, 11) is 1.33. The summed E-state index contributed by atoms with van der Waals surface area (Å²) in [5, 5.41) is 14.1. The average Bonchev–Trinajstić information content (AvgIpc) is 2.48. The highest BCUT2D eigenvalue weighted by molar-refractivity contribution is 6.34. The van der Waals surface area contributed by atoms with E-state index < -0.39 is 17.9 Å². The first-order valence-electron chi connectivity index (χ1n) is 6.89. The van der Waals surface area contributed by atoms with E-state index in [-0.39, 0.29) is 29.0 Å². The number of halogens is 1. The van der Waals surface area contributed by atoms with E-state index in [2.05, 4.69) is 10.6 Å². The Morgan fingerprint density at radius 2 is 1.96 bits per heavy atom. The standard InChI is InChI=1S/C15H19ClN2O5/c1-8(2)13(19)17-9-4-5-11(16)10(6-9)14(20)18-12(7-23-3)15(21)22/h4-6,8,12H,7H2,1-3H3,(H,17,19)(H,18,20)(H,21,22). The number of carbonyl (C=O) groups is 3. The molecule has 1 rings (SSSR count). The van der Waals surface area contributed by atoms with Gasteiger partial charge in [-0.05, 0) is 18.2 Å². The molecule has 0 aromatic heterocycles. The number of hydrogen-bond donors (Lipinski definition) is 3. The molecule has 126 valence electrons. The Labute approximate surface area is 139 Å². The zero-order chi connectivity index (χ0) is 17.6. The van der Waals surface area contributed by atoms with Gasteiger partial charge in [-0.1, -0.05) is 25.4 Å². The van der Waals surface area contributed by atoms with E-state index in [9.17, 15) is 14.4 Å². The molecule has 2 amide bonds. The number of hydrogen-bond acceptors (Lipinski definition) is 4. The van der Waals surface area contributed by atoms with Gasteiger partial charge in [0.2, 0.25) is 5.91 Å². The fraction of sp³-hybridized carbons (Fsp3) is 0.400. The summed E-state index contributed by atoms with van der Waals surface area (Å²) in [4.78, 5) is 34.9. The summed E-state index contributed by atoms with van der Waals surface area (Å²) < 4.78 is 4.75. The molecule has 0 saturated carbocycles. The van der Waals surface area contributed by atoms with E-state index in [0.717, 1.165) is 0 Å². The number of anilines is 1. The van der Waals surface area contributed by atoms with Crippen molar-refractivity contribution in [1.29, 1.82) is 0 Å². The van der Waals surface area contributed by atoms with Crippen LogP contribution in [0.2, 0.25) is 5.02 Å². The van der Waals surface area contributed by atoms with Gasteiger partial charge in [-0.2, -0.15) is 0 Å². The predicted octanol–water partition coefficient (Wildman–Crippen LogP) is 1.76. The lowest BCUT2D eigenvalue weighted by atomic mass is 10.1. The maximum atomic E-state index is 12.2. The molecule has 0 aliphatic rings. The Bertz CT molecular complexity index is 604. The molecule has 0 bridgehead atoms. The first kappa shape index (κ1) is 18.9. The van der Waals surface area contributed by atoms with Crippen LogP contribution in [0.3, 0.4) is 0 Å². The van der Waals surface area contributed by atoms with E-state index in [4.69, 9.17) is 21.4 Å². The van der Waals surface area contributed by atoms with Crippen molar-refractivity contribution < 1.29 is 24.2 Å². The molecule has 8 heteroatoms. The number of carboxylic acid groups (broad SMARTS) is 1. The highest BCUT2D eigenvalue weighted by Crippen LogP contribution is 2.21. The second kappa shape index (κ2) is 8.50. The van der Waals surface area contributed by atoms with Crippen molar-refractivity contribution in [3.63, 3.8) is 0 Å². The van der Waals surface area contributed by atoms with Gasteiger partial charge in [-0.25, -0.2) is 4.79 Å². The quantitative estimate of drug-likeness (QED) is 0.700. The molecule has 0 saturated heterocycles. The number of nitrogens with one attached hydrogen (secondary N) is 2. The molecule has 0 aliphatic heterocycles. The fourth-order valence-corrected chi connectivity index (χ4v) is 1.84. The van der Waals surface area contributed by atoms with Crippen molar-refractivity contribution in [1.82, 2.24) is 5.32 Å². The molecule has 23 heavy (non-hydrogen) atoms. The minimum atomic E-state index is -1.22. The normalized spacial score (nSPS) is 11.9. The minimum Gasteiger partial charge on any atom is -0.480 e. The molecule has 0 spiro atoms. The molecule has 0 radical (unpaired) electrons. The molecule has 0 fully saturated rings. The zero-order valence-electron chi connectivity index (χ0n) is 13.1. The first-order valence-corrected chi connectivity index (χ1v) is 7.27. The van der Waals surface area contributed by atoms with Crippen molar-refractivity contribution in [2.75, 3.05) is 19.0 Å². The number of amides is 2. The van der Waals surface area contributed by atoms with Crippen LogP contribution in [0, 0.1) is 5.92 Å². The van der Waals surface area contributed by atoms with Gasteiger partial charge in [0.05, 0.1) is 17.2 Å². The number of carboxylic acids is 1. The number of benzene rings is 1. The molecule has 3 N–H and O–H groups in total. The van der Waals surface area contributed by atoms with Crippen molar-refractivity contribution in [3.8, 4) is 0 Å². The molecular formula is C15H19ClN2O5. The second-order valence-corrected chi connectivity index (χ2v) is 5.57. The molecule has 1 aromatic carbocycles. The van der Waals surface area contributed by atoms with E-state index in [0.29, 0.717) is 5.69 Å². The van der Waals surface area contributed by atoms with E-state index in [1.165, 1.54) is 19.2 Å². The smallest absolute Gasteiger partial charge is 0.328 e. The van der Waals surface area contributed by atoms with Gasteiger partial charge in [0.25, 0.3) is 5.91 Å². The van der Waals surface area contributed by atoms with Crippen molar-refractivity contribution in [2.45, 2.75) is 19.9 Å². The SMILES string of the molecule is COCC(NC(=O)c1cc(NC(=O)C(C)C)ccc1Cl)C(=O)O. The molecule has 0 heterocycles. The Morgan fingerprint density at radius 1 is 1.30 bits per heavy atom. The van der Waals surface area contributed by atoms with Crippen LogP contribution in [0.1, 0.15) is 24.2 Å². The molecule has 1 atom stereocenters. The lowest BCUT2D eigenvalue weighted by Crippen LogP contribution is -2.43. The molecule has 0 aliphatic carbocycles. The molecule has 7 nitrogen and oxygen atoms in total. The summed E-state index contributed by atoms with van der Waals surface area (Å²) in [6.45, 7) is 3.30. The topological polar surface area (TPSA) is 105 Å². The average molecular weight is 343 g/mol. The Kier molecular flexibility index (Phi) is 6.99. The highest BCUT2D eigenvalue weighted by Gasteiger charge is 2.22. The van der Waals surface area contributed by atoms with Crippen LogP contribution < -0.4 is 10.6 Å². The number of carbonyl (C=O) groups excluding carboxylic acids is 2. The van der Waals surface area contributed by atoms with Crippen molar-refractivity contribution in [3.05, 3.63) is 28.8 Å². The van der Waals surface area contributed by atoms with Gasteiger partial charge in [0.15, 0.2) is 6.04 Å². The van der Waals surface area contributed by atoms with E-state index in [1.807, 2.05) is 0 Å². The van der Waals surface area contributed by atoms with Gasteiger partial charge in [0, 0.05) is 18.7 Å². The zero-order valence-corrected chi connectivity index (χ0v) is 13.8. The van der Waals surface area contributed by atoms with Crippen LogP contribution >= 0.6 is 11.6 Å². The van der Waals surface area contributed by atoms with E-state index in [1.54, 1.807) is 19.9 Å². The summed E-state index contributed by atoms with van der Waals surface area (Å²) in [6, 6.07) is 3.21. The van der Waals surface area contributed by atoms with Crippen LogP contribution in [-0.2, 0) is 14.3 Å². The van der Waals surface area contributed by atoms with Crippen LogP contribution in [0.15, 0.2) is 18.2 Å². The maximum Gasteiger partial charge on any atom is 0.328 e. The minimum absolute atomic E-state index is 0.0653. The largest absolute Gasteiger partial charge is 0.480 e. The van der Waals surface area contributed by atoms with Crippen molar-refractivity contribution in [2.24, 2.45) is 5.92 Å². The van der Waals surface area contributed by atoms with Crippen LogP contribution in [-0.4, -0.2) is 42.6 Å². The van der Waals surface area contributed by atoms with Crippen LogP contribution in [0.25, 0.3) is 0 Å².